The number of nitrogens with one attached hydrogen (secondary N) is 1. The first-order chi connectivity index (χ1) is 11.3. The van der Waals surface area contributed by atoms with Crippen molar-refractivity contribution < 1.29 is 13.2 Å². The van der Waals surface area contributed by atoms with Crippen LogP contribution in [-0.4, -0.2) is 20.6 Å². The quantitative estimate of drug-likeness (QED) is 0.644. The van der Waals surface area contributed by atoms with E-state index in [1.165, 1.54) is 7.11 Å². The highest BCUT2D eigenvalue weighted by atomic mass is 32.2. The molecule has 126 valence electrons. The molecule has 0 aromatic heterocycles. The number of aryl methyl sites for hydroxylation is 2. The van der Waals surface area contributed by atoms with Gasteiger partial charge in [-0.1, -0.05) is 29.3 Å². The number of methoxy groups -OCH3 is 1. The standard InChI is InChI=1S/C18H19NO3S2/c1-13-4-8-16(9-5-13)24(20,21)19-17-10-6-14(2)12-15(17)7-11-18(23)22-3/h4-12,19H,1-3H3. The number of rotatable bonds is 5. The molecule has 4 nitrogen and oxygen atoms in total. The lowest BCUT2D eigenvalue weighted by molar-refractivity contribution is 0.418. The van der Waals surface area contributed by atoms with Gasteiger partial charge in [0.15, 0.2) is 5.05 Å². The molecule has 2 aromatic carbocycles. The van der Waals surface area contributed by atoms with Gasteiger partial charge in [0.2, 0.25) is 0 Å². The van der Waals surface area contributed by atoms with E-state index in [9.17, 15) is 8.42 Å². The lowest BCUT2D eigenvalue weighted by Crippen LogP contribution is -2.13. The van der Waals surface area contributed by atoms with Crippen LogP contribution in [0.4, 0.5) is 5.69 Å². The van der Waals surface area contributed by atoms with E-state index in [1.54, 1.807) is 42.5 Å². The largest absolute Gasteiger partial charge is 0.487 e. The van der Waals surface area contributed by atoms with Gasteiger partial charge in [-0.3, -0.25) is 4.72 Å². The minimum absolute atomic E-state index is 0.219. The van der Waals surface area contributed by atoms with Gasteiger partial charge in [0, 0.05) is 0 Å². The van der Waals surface area contributed by atoms with E-state index in [2.05, 4.69) is 4.72 Å². The van der Waals surface area contributed by atoms with Crippen LogP contribution in [0.15, 0.2) is 53.4 Å². The minimum atomic E-state index is -3.66. The number of hydrogen-bond donors (Lipinski definition) is 1. The SMILES string of the molecule is COC(=S)C=Cc1cc(C)ccc1NS(=O)(=O)c1ccc(C)cc1. The number of sulfonamides is 1. The Morgan fingerprint density at radius 1 is 1.08 bits per heavy atom. The molecule has 0 radical (unpaired) electrons. The molecule has 0 aliphatic rings. The third kappa shape index (κ3) is 4.66. The molecule has 0 amide bonds. The van der Waals surface area contributed by atoms with Crippen molar-refractivity contribution in [2.75, 3.05) is 11.8 Å². The van der Waals surface area contributed by atoms with Crippen LogP contribution in [0.3, 0.4) is 0 Å². The molecule has 0 unspecified atom stereocenters. The molecule has 0 bridgehead atoms. The van der Waals surface area contributed by atoms with E-state index in [0.29, 0.717) is 16.3 Å². The fourth-order valence-electron chi connectivity index (χ4n) is 2.06. The van der Waals surface area contributed by atoms with Gasteiger partial charge >= 0.3 is 0 Å². The van der Waals surface area contributed by atoms with Gasteiger partial charge in [0.1, 0.15) is 0 Å². The van der Waals surface area contributed by atoms with Crippen molar-refractivity contribution in [3.05, 3.63) is 65.2 Å². The lowest BCUT2D eigenvalue weighted by Gasteiger charge is -2.12. The van der Waals surface area contributed by atoms with E-state index in [0.717, 1.165) is 11.1 Å². The molecule has 6 heteroatoms. The monoisotopic (exact) mass is 361 g/mol. The van der Waals surface area contributed by atoms with Crippen molar-refractivity contribution in [3.8, 4) is 0 Å². The average molecular weight is 361 g/mol. The Hall–Kier alpha value is -2.18. The first-order valence-corrected chi connectivity index (χ1v) is 9.17. The molecule has 0 heterocycles. The fraction of sp³-hybridized carbons (Fsp3) is 0.167. The summed E-state index contributed by atoms with van der Waals surface area (Å²) < 4.78 is 32.7. The van der Waals surface area contributed by atoms with E-state index < -0.39 is 10.0 Å². The van der Waals surface area contributed by atoms with Gasteiger partial charge in [0.05, 0.1) is 17.7 Å². The molecular formula is C18H19NO3S2. The summed E-state index contributed by atoms with van der Waals surface area (Å²) in [5.41, 5.74) is 3.21. The van der Waals surface area contributed by atoms with E-state index in [-0.39, 0.29) is 4.90 Å². The molecule has 0 fully saturated rings. The summed E-state index contributed by atoms with van der Waals surface area (Å²) in [6.07, 6.45) is 3.35. The Morgan fingerprint density at radius 2 is 1.71 bits per heavy atom. The topological polar surface area (TPSA) is 55.4 Å². The van der Waals surface area contributed by atoms with Crippen LogP contribution >= 0.6 is 12.2 Å². The zero-order valence-electron chi connectivity index (χ0n) is 13.7. The summed E-state index contributed by atoms with van der Waals surface area (Å²) in [5.74, 6) is 0. The highest BCUT2D eigenvalue weighted by Gasteiger charge is 2.15. The third-order valence-corrected chi connectivity index (χ3v) is 5.07. The zero-order chi connectivity index (χ0) is 17.7. The summed E-state index contributed by atoms with van der Waals surface area (Å²) in [7, 11) is -2.17. The number of benzene rings is 2. The van der Waals surface area contributed by atoms with Crippen LogP contribution in [-0.2, 0) is 14.8 Å². The Bertz CT molecular complexity index is 870. The number of anilines is 1. The summed E-state index contributed by atoms with van der Waals surface area (Å²) in [5, 5.41) is 0.323. The number of ether oxygens (including phenoxy) is 1. The maximum Gasteiger partial charge on any atom is 0.261 e. The second-order valence-corrected chi connectivity index (χ2v) is 7.45. The summed E-state index contributed by atoms with van der Waals surface area (Å²) >= 11 is 4.98. The van der Waals surface area contributed by atoms with E-state index in [4.69, 9.17) is 17.0 Å². The minimum Gasteiger partial charge on any atom is -0.487 e. The van der Waals surface area contributed by atoms with Crippen molar-refractivity contribution >= 4 is 39.1 Å². The summed E-state index contributed by atoms with van der Waals surface area (Å²) in [4.78, 5) is 0.219. The second kappa shape index (κ2) is 7.59. The van der Waals surface area contributed by atoms with Crippen LogP contribution in [0.1, 0.15) is 16.7 Å². The fourth-order valence-corrected chi connectivity index (χ4v) is 3.22. The maximum atomic E-state index is 12.6. The molecule has 24 heavy (non-hydrogen) atoms. The van der Waals surface area contributed by atoms with E-state index in [1.807, 2.05) is 26.0 Å². The van der Waals surface area contributed by atoms with Gasteiger partial charge in [-0.05, 0) is 68.0 Å². The van der Waals surface area contributed by atoms with Crippen molar-refractivity contribution in [3.63, 3.8) is 0 Å². The third-order valence-electron chi connectivity index (χ3n) is 3.38. The van der Waals surface area contributed by atoms with E-state index >= 15 is 0 Å². The van der Waals surface area contributed by atoms with Crippen molar-refractivity contribution in [1.29, 1.82) is 0 Å². The Labute approximate surface area is 148 Å². The molecular weight excluding hydrogens is 342 g/mol. The summed E-state index contributed by atoms with van der Waals surface area (Å²) in [6.45, 7) is 3.84. The number of hydrogen-bond acceptors (Lipinski definition) is 4. The molecule has 0 aliphatic heterocycles. The smallest absolute Gasteiger partial charge is 0.261 e. The number of thiocarbonyl (C=S) groups is 1. The molecule has 0 saturated carbocycles. The zero-order valence-corrected chi connectivity index (χ0v) is 15.4. The van der Waals surface area contributed by atoms with Gasteiger partial charge < -0.3 is 4.74 Å². The second-order valence-electron chi connectivity index (χ2n) is 5.37. The molecule has 0 aliphatic carbocycles. The summed E-state index contributed by atoms with van der Waals surface area (Å²) in [6, 6.07) is 12.2. The van der Waals surface area contributed by atoms with Crippen LogP contribution in [0, 0.1) is 13.8 Å². The Kier molecular flexibility index (Phi) is 5.75. The van der Waals surface area contributed by atoms with Gasteiger partial charge in [-0.15, -0.1) is 0 Å². The molecule has 2 aromatic rings. The average Bonchev–Trinajstić information content (AvgIpc) is 2.55. The first-order valence-electron chi connectivity index (χ1n) is 7.28. The highest BCUT2D eigenvalue weighted by Crippen LogP contribution is 2.23. The predicted octanol–water partition coefficient (Wildman–Crippen LogP) is 4.09. The van der Waals surface area contributed by atoms with Gasteiger partial charge in [0.25, 0.3) is 10.0 Å². The normalized spacial score (nSPS) is 11.5. The van der Waals surface area contributed by atoms with Crippen LogP contribution in [0.5, 0.6) is 0 Å². The van der Waals surface area contributed by atoms with Gasteiger partial charge in [-0.2, -0.15) is 0 Å². The maximum absolute atomic E-state index is 12.6. The first kappa shape index (κ1) is 18.2. The lowest BCUT2D eigenvalue weighted by atomic mass is 10.1. The molecule has 2 rings (SSSR count). The van der Waals surface area contributed by atoms with Crippen LogP contribution in [0.2, 0.25) is 0 Å². The van der Waals surface area contributed by atoms with Crippen LogP contribution < -0.4 is 4.72 Å². The molecule has 0 saturated heterocycles. The van der Waals surface area contributed by atoms with Crippen molar-refractivity contribution in [2.45, 2.75) is 18.7 Å². The highest BCUT2D eigenvalue weighted by molar-refractivity contribution is 7.92. The molecule has 1 N–H and O–H groups in total. The van der Waals surface area contributed by atoms with Crippen molar-refractivity contribution in [2.24, 2.45) is 0 Å². The van der Waals surface area contributed by atoms with Gasteiger partial charge in [-0.25, -0.2) is 8.42 Å². The molecule has 0 spiro atoms. The van der Waals surface area contributed by atoms with Crippen molar-refractivity contribution in [1.82, 2.24) is 0 Å². The Morgan fingerprint density at radius 3 is 2.33 bits per heavy atom. The Balaban J connectivity index is 2.36. The van der Waals surface area contributed by atoms with Crippen LogP contribution in [0.25, 0.3) is 6.08 Å². The molecule has 0 atom stereocenters. The predicted molar refractivity (Wildman–Crippen MR) is 102 cm³/mol.